The van der Waals surface area contributed by atoms with Gasteiger partial charge in [-0.05, 0) is 24.1 Å². The maximum Gasteiger partial charge on any atom is 0.127 e. The molecule has 1 atom stereocenters. The Morgan fingerprint density at radius 3 is 2.45 bits per heavy atom. The maximum atomic E-state index is 4.28. The first-order valence-corrected chi connectivity index (χ1v) is 5.05. The molecule has 1 heterocycles. The molecule has 1 rings (SSSR count). The molecule has 2 nitrogen and oxygen atoms in total. The Morgan fingerprint density at radius 1 is 1.36 bits per heavy atom. The molecule has 11 heavy (non-hydrogen) atoms. The minimum Gasteiger partial charge on any atom is -0.363 e. The molecule has 1 aromatic heterocycles. The Morgan fingerprint density at radius 2 is 2.09 bits per heavy atom. The van der Waals surface area contributed by atoms with Crippen molar-refractivity contribution >= 4 is 19.7 Å². The first-order valence-electron chi connectivity index (χ1n) is 3.55. The first kappa shape index (κ1) is 8.48. The third kappa shape index (κ3) is 2.16. The lowest BCUT2D eigenvalue weighted by Crippen LogP contribution is -2.11. The molecule has 1 unspecified atom stereocenters. The summed E-state index contributed by atoms with van der Waals surface area (Å²) in [5.74, 6) is 1.02. The summed E-state index contributed by atoms with van der Waals surface area (Å²) in [6, 6.07) is 4.17. The van der Waals surface area contributed by atoms with Gasteiger partial charge in [0.05, 0.1) is 0 Å². The van der Waals surface area contributed by atoms with Crippen molar-refractivity contribution in [2.45, 2.75) is 0 Å². The molecule has 0 fully saturated rings. The first-order chi connectivity index (χ1) is 5.24. The summed E-state index contributed by atoms with van der Waals surface area (Å²) in [6.45, 7) is 2.16. The lowest BCUT2D eigenvalue weighted by atomic mass is 10.4. The second kappa shape index (κ2) is 3.68. The van der Waals surface area contributed by atoms with E-state index in [-0.39, 0.29) is 0 Å². The second-order valence-corrected chi connectivity index (χ2v) is 3.63. The standard InChI is InChI=1S/C8H13N2P/c1-10(2)8-5-4-7(11-3)6-9-8/h4-6,11H,1-3H3. The Labute approximate surface area is 69.4 Å². The van der Waals surface area contributed by atoms with Gasteiger partial charge in [0.25, 0.3) is 0 Å². The van der Waals surface area contributed by atoms with Gasteiger partial charge in [0.2, 0.25) is 0 Å². The van der Waals surface area contributed by atoms with Crippen LogP contribution in [0.4, 0.5) is 5.82 Å². The fourth-order valence-corrected chi connectivity index (χ4v) is 1.24. The van der Waals surface area contributed by atoms with Crippen molar-refractivity contribution in [2.75, 3.05) is 25.7 Å². The van der Waals surface area contributed by atoms with Crippen LogP contribution >= 0.6 is 8.58 Å². The van der Waals surface area contributed by atoms with E-state index in [1.165, 1.54) is 5.30 Å². The highest BCUT2D eigenvalue weighted by atomic mass is 31.1. The summed E-state index contributed by atoms with van der Waals surface area (Å²) in [4.78, 5) is 6.28. The highest BCUT2D eigenvalue weighted by molar-refractivity contribution is 7.46. The summed E-state index contributed by atoms with van der Waals surface area (Å²) in [7, 11) is 4.83. The van der Waals surface area contributed by atoms with E-state index in [0.717, 1.165) is 14.4 Å². The molecule has 3 heteroatoms. The van der Waals surface area contributed by atoms with Crippen LogP contribution in [0.2, 0.25) is 0 Å². The quantitative estimate of drug-likeness (QED) is 0.614. The molecule has 0 saturated carbocycles. The molecular weight excluding hydrogens is 155 g/mol. The molecule has 0 aliphatic heterocycles. The van der Waals surface area contributed by atoms with Crippen molar-refractivity contribution < 1.29 is 0 Å². The van der Waals surface area contributed by atoms with Crippen LogP contribution in [-0.2, 0) is 0 Å². The van der Waals surface area contributed by atoms with Crippen molar-refractivity contribution in [3.8, 4) is 0 Å². The van der Waals surface area contributed by atoms with Gasteiger partial charge in [-0.2, -0.15) is 0 Å². The van der Waals surface area contributed by atoms with Gasteiger partial charge in [0, 0.05) is 20.3 Å². The zero-order valence-corrected chi connectivity index (χ0v) is 8.13. The number of pyridine rings is 1. The summed E-state index contributed by atoms with van der Waals surface area (Å²) in [5, 5.41) is 1.32. The van der Waals surface area contributed by atoms with Crippen LogP contribution in [0, 0.1) is 0 Å². The Bertz CT molecular complexity index is 218. The third-order valence-electron chi connectivity index (χ3n) is 1.49. The van der Waals surface area contributed by atoms with Gasteiger partial charge in [-0.3, -0.25) is 0 Å². The van der Waals surface area contributed by atoms with Crippen molar-refractivity contribution in [2.24, 2.45) is 0 Å². The second-order valence-electron chi connectivity index (χ2n) is 2.55. The topological polar surface area (TPSA) is 16.1 Å². The Kier molecular flexibility index (Phi) is 2.84. The molecular formula is C8H13N2P. The van der Waals surface area contributed by atoms with Gasteiger partial charge in [-0.15, -0.1) is 0 Å². The zero-order valence-electron chi connectivity index (χ0n) is 7.13. The van der Waals surface area contributed by atoms with Crippen molar-refractivity contribution in [3.63, 3.8) is 0 Å². The lowest BCUT2D eigenvalue weighted by Gasteiger charge is -2.10. The molecule has 0 saturated heterocycles. The number of hydrogen-bond acceptors (Lipinski definition) is 2. The van der Waals surface area contributed by atoms with Crippen LogP contribution < -0.4 is 10.2 Å². The number of aromatic nitrogens is 1. The summed E-state index contributed by atoms with van der Waals surface area (Å²) in [5.41, 5.74) is 0. The molecule has 0 aromatic carbocycles. The van der Waals surface area contributed by atoms with E-state index in [9.17, 15) is 0 Å². The summed E-state index contributed by atoms with van der Waals surface area (Å²) in [6.07, 6.45) is 1.94. The third-order valence-corrected chi connectivity index (χ3v) is 2.37. The van der Waals surface area contributed by atoms with Gasteiger partial charge in [-0.1, -0.05) is 8.58 Å². The summed E-state index contributed by atoms with van der Waals surface area (Å²) < 4.78 is 0. The number of anilines is 1. The van der Waals surface area contributed by atoms with Crippen LogP contribution in [0.15, 0.2) is 18.3 Å². The maximum absolute atomic E-state index is 4.28. The molecule has 0 aliphatic rings. The molecule has 0 aliphatic carbocycles. The lowest BCUT2D eigenvalue weighted by molar-refractivity contribution is 1.07. The van der Waals surface area contributed by atoms with Gasteiger partial charge in [0.15, 0.2) is 0 Å². The number of rotatable bonds is 2. The molecule has 0 radical (unpaired) electrons. The Hall–Kier alpha value is -0.620. The molecule has 0 N–H and O–H groups in total. The largest absolute Gasteiger partial charge is 0.363 e. The predicted molar refractivity (Wildman–Crippen MR) is 52.4 cm³/mol. The number of nitrogens with zero attached hydrogens (tertiary/aromatic N) is 2. The SMILES string of the molecule is CPc1ccc(N(C)C)nc1. The van der Waals surface area contributed by atoms with Crippen LogP contribution in [-0.4, -0.2) is 25.7 Å². The molecule has 0 spiro atoms. The van der Waals surface area contributed by atoms with E-state index in [4.69, 9.17) is 0 Å². The monoisotopic (exact) mass is 168 g/mol. The molecule has 0 bridgehead atoms. The van der Waals surface area contributed by atoms with Gasteiger partial charge < -0.3 is 4.90 Å². The van der Waals surface area contributed by atoms with E-state index < -0.39 is 0 Å². The van der Waals surface area contributed by atoms with Gasteiger partial charge in [0.1, 0.15) is 5.82 Å². The fraction of sp³-hybridized carbons (Fsp3) is 0.375. The van der Waals surface area contributed by atoms with Gasteiger partial charge >= 0.3 is 0 Å². The molecule has 1 aromatic rings. The minimum absolute atomic E-state index is 0.839. The zero-order chi connectivity index (χ0) is 8.27. The fourth-order valence-electron chi connectivity index (χ4n) is 0.798. The van der Waals surface area contributed by atoms with E-state index in [1.807, 2.05) is 31.3 Å². The average Bonchev–Trinajstić information content (AvgIpc) is 2.05. The van der Waals surface area contributed by atoms with E-state index in [1.54, 1.807) is 0 Å². The van der Waals surface area contributed by atoms with Crippen LogP contribution in [0.5, 0.6) is 0 Å². The van der Waals surface area contributed by atoms with Crippen molar-refractivity contribution in [1.82, 2.24) is 4.98 Å². The molecule has 0 amide bonds. The summed E-state index contributed by atoms with van der Waals surface area (Å²) >= 11 is 0. The normalized spacial score (nSPS) is 10.8. The van der Waals surface area contributed by atoms with E-state index in [0.29, 0.717) is 0 Å². The highest BCUT2D eigenvalue weighted by Gasteiger charge is 1.94. The minimum atomic E-state index is 0.839. The predicted octanol–water partition coefficient (Wildman–Crippen LogP) is 1.08. The average molecular weight is 168 g/mol. The van der Waals surface area contributed by atoms with Crippen molar-refractivity contribution in [1.29, 1.82) is 0 Å². The molecule has 60 valence electrons. The number of hydrogen-bond donors (Lipinski definition) is 0. The highest BCUT2D eigenvalue weighted by Crippen LogP contribution is 2.07. The van der Waals surface area contributed by atoms with Crippen molar-refractivity contribution in [3.05, 3.63) is 18.3 Å². The Balaban J connectivity index is 2.83. The van der Waals surface area contributed by atoms with E-state index >= 15 is 0 Å². The smallest absolute Gasteiger partial charge is 0.127 e. The van der Waals surface area contributed by atoms with Crippen LogP contribution in [0.25, 0.3) is 0 Å². The van der Waals surface area contributed by atoms with Crippen LogP contribution in [0.3, 0.4) is 0 Å². The van der Waals surface area contributed by atoms with Gasteiger partial charge in [-0.25, -0.2) is 4.98 Å². The van der Waals surface area contributed by atoms with E-state index in [2.05, 4.69) is 17.7 Å². The van der Waals surface area contributed by atoms with Crippen LogP contribution in [0.1, 0.15) is 0 Å².